The lowest BCUT2D eigenvalue weighted by Gasteiger charge is -2.17. The summed E-state index contributed by atoms with van der Waals surface area (Å²) in [4.78, 5) is 12.1. The van der Waals surface area contributed by atoms with Crippen molar-refractivity contribution in [3.8, 4) is 11.6 Å². The van der Waals surface area contributed by atoms with E-state index in [0.717, 1.165) is 37.2 Å². The minimum Gasteiger partial charge on any atom is -0.338 e. The van der Waals surface area contributed by atoms with Crippen molar-refractivity contribution in [1.29, 1.82) is 0 Å². The van der Waals surface area contributed by atoms with Gasteiger partial charge < -0.3 is 15.2 Å². The van der Waals surface area contributed by atoms with Crippen LogP contribution in [0.5, 0.6) is 0 Å². The Hall–Kier alpha value is -1.40. The molecule has 2 heterocycles. The summed E-state index contributed by atoms with van der Waals surface area (Å²) in [5.74, 6) is 2.73. The molecule has 2 aliphatic rings. The van der Waals surface area contributed by atoms with Gasteiger partial charge in [-0.05, 0) is 25.7 Å². The maximum Gasteiger partial charge on any atom is 0.276 e. The topological polar surface area (TPSA) is 93.6 Å². The fourth-order valence-electron chi connectivity index (χ4n) is 2.77. The minimum absolute atomic E-state index is 0. The van der Waals surface area contributed by atoms with Gasteiger partial charge in [0.2, 0.25) is 0 Å². The number of aromatic amines is 1. The molecule has 0 atom stereocenters. The SMILES string of the molecule is Cl.NC1(c2noc(-c3cnc(C4CC4)[nH]3)n2)CCCC1. The molecule has 0 saturated heterocycles. The average molecular weight is 296 g/mol. The van der Waals surface area contributed by atoms with Crippen molar-refractivity contribution in [2.75, 3.05) is 0 Å². The van der Waals surface area contributed by atoms with E-state index in [9.17, 15) is 0 Å². The third kappa shape index (κ3) is 2.23. The third-order valence-corrected chi connectivity index (χ3v) is 4.16. The molecule has 2 fully saturated rings. The van der Waals surface area contributed by atoms with Gasteiger partial charge in [0.1, 0.15) is 11.5 Å². The van der Waals surface area contributed by atoms with Gasteiger partial charge in [0.15, 0.2) is 5.82 Å². The number of aromatic nitrogens is 4. The van der Waals surface area contributed by atoms with Crippen LogP contribution < -0.4 is 5.73 Å². The predicted octanol–water partition coefficient (Wildman–Crippen LogP) is 2.49. The number of nitrogens with one attached hydrogen (secondary N) is 1. The highest BCUT2D eigenvalue weighted by molar-refractivity contribution is 5.85. The van der Waals surface area contributed by atoms with Gasteiger partial charge in [-0.25, -0.2) is 4.98 Å². The first-order valence-corrected chi connectivity index (χ1v) is 6.93. The highest BCUT2D eigenvalue weighted by Crippen LogP contribution is 2.39. The average Bonchev–Trinajstić information content (AvgIpc) is 2.89. The normalized spacial score (nSPS) is 20.9. The van der Waals surface area contributed by atoms with Gasteiger partial charge >= 0.3 is 0 Å². The van der Waals surface area contributed by atoms with E-state index in [4.69, 9.17) is 10.3 Å². The Morgan fingerprint density at radius 3 is 2.75 bits per heavy atom. The first-order valence-electron chi connectivity index (χ1n) is 6.93. The highest BCUT2D eigenvalue weighted by atomic mass is 35.5. The molecule has 2 aromatic heterocycles. The quantitative estimate of drug-likeness (QED) is 0.907. The van der Waals surface area contributed by atoms with Crippen LogP contribution in [0.1, 0.15) is 56.1 Å². The molecule has 0 aromatic carbocycles. The summed E-state index contributed by atoms with van der Waals surface area (Å²) in [5.41, 5.74) is 6.72. The largest absolute Gasteiger partial charge is 0.338 e. The molecule has 108 valence electrons. The fraction of sp³-hybridized carbons (Fsp3) is 0.615. The van der Waals surface area contributed by atoms with Gasteiger partial charge in [-0.3, -0.25) is 0 Å². The van der Waals surface area contributed by atoms with E-state index in [-0.39, 0.29) is 12.4 Å². The molecule has 0 unspecified atom stereocenters. The van der Waals surface area contributed by atoms with E-state index >= 15 is 0 Å². The molecule has 6 nitrogen and oxygen atoms in total. The van der Waals surface area contributed by atoms with E-state index in [2.05, 4.69) is 20.1 Å². The number of hydrogen-bond donors (Lipinski definition) is 2. The Kier molecular flexibility index (Phi) is 3.30. The molecule has 4 rings (SSSR count). The molecule has 0 amide bonds. The number of halogens is 1. The maximum atomic E-state index is 6.32. The van der Waals surface area contributed by atoms with Crippen molar-refractivity contribution in [2.24, 2.45) is 5.73 Å². The van der Waals surface area contributed by atoms with Crippen molar-refractivity contribution in [2.45, 2.75) is 50.0 Å². The summed E-state index contributed by atoms with van der Waals surface area (Å²) < 4.78 is 5.33. The highest BCUT2D eigenvalue weighted by Gasteiger charge is 2.36. The standard InChI is InChI=1S/C13H17N5O.ClH/c14-13(5-1-2-6-13)12-17-11(19-18-12)9-7-15-10(16-9)8-3-4-8;/h7-8H,1-6,14H2,(H,15,16);1H. The van der Waals surface area contributed by atoms with Crippen molar-refractivity contribution in [3.63, 3.8) is 0 Å². The molecule has 2 saturated carbocycles. The molecule has 0 bridgehead atoms. The summed E-state index contributed by atoms with van der Waals surface area (Å²) in [6.45, 7) is 0. The number of nitrogens with zero attached hydrogens (tertiary/aromatic N) is 3. The minimum atomic E-state index is -0.402. The van der Waals surface area contributed by atoms with E-state index in [1.54, 1.807) is 6.20 Å². The second-order valence-corrected chi connectivity index (χ2v) is 5.74. The number of hydrogen-bond acceptors (Lipinski definition) is 5. The van der Waals surface area contributed by atoms with Gasteiger partial charge in [-0.15, -0.1) is 12.4 Å². The summed E-state index contributed by atoms with van der Waals surface area (Å²) in [7, 11) is 0. The summed E-state index contributed by atoms with van der Waals surface area (Å²) in [5, 5.41) is 4.06. The second-order valence-electron chi connectivity index (χ2n) is 5.74. The Morgan fingerprint density at radius 1 is 1.30 bits per heavy atom. The van der Waals surface area contributed by atoms with Crippen LogP contribution in [0.4, 0.5) is 0 Å². The monoisotopic (exact) mass is 295 g/mol. The summed E-state index contributed by atoms with van der Waals surface area (Å²) in [6.07, 6.45) is 8.34. The Labute approximate surface area is 123 Å². The predicted molar refractivity (Wildman–Crippen MR) is 75.4 cm³/mol. The van der Waals surface area contributed by atoms with E-state index in [1.807, 2.05) is 0 Å². The van der Waals surface area contributed by atoms with E-state index in [1.165, 1.54) is 12.8 Å². The molecular formula is C13H18ClN5O. The summed E-state index contributed by atoms with van der Waals surface area (Å²) in [6, 6.07) is 0. The maximum absolute atomic E-state index is 6.32. The summed E-state index contributed by atoms with van der Waals surface area (Å²) >= 11 is 0. The van der Waals surface area contributed by atoms with E-state index < -0.39 is 5.54 Å². The number of nitrogens with two attached hydrogens (primary N) is 1. The lowest BCUT2D eigenvalue weighted by atomic mass is 9.99. The van der Waals surface area contributed by atoms with Crippen LogP contribution in [0.25, 0.3) is 11.6 Å². The van der Waals surface area contributed by atoms with Crippen molar-refractivity contribution < 1.29 is 4.52 Å². The zero-order valence-electron chi connectivity index (χ0n) is 11.1. The van der Waals surface area contributed by atoms with Gasteiger partial charge in [0.05, 0.1) is 11.7 Å². The van der Waals surface area contributed by atoms with Gasteiger partial charge in [-0.2, -0.15) is 4.98 Å². The lowest BCUT2D eigenvalue weighted by molar-refractivity contribution is 0.372. The first kappa shape index (κ1) is 13.6. The van der Waals surface area contributed by atoms with Crippen LogP contribution in [-0.4, -0.2) is 20.1 Å². The first-order chi connectivity index (χ1) is 9.24. The smallest absolute Gasteiger partial charge is 0.276 e. The fourth-order valence-corrected chi connectivity index (χ4v) is 2.77. The second kappa shape index (κ2) is 4.86. The van der Waals surface area contributed by atoms with E-state index in [0.29, 0.717) is 17.6 Å². The molecule has 2 aliphatic carbocycles. The van der Waals surface area contributed by atoms with Crippen molar-refractivity contribution in [3.05, 3.63) is 17.8 Å². The third-order valence-electron chi connectivity index (χ3n) is 4.16. The number of H-pyrrole nitrogens is 1. The Bertz CT molecular complexity index is 597. The van der Waals surface area contributed by atoms with Gasteiger partial charge in [0.25, 0.3) is 5.89 Å². The van der Waals surface area contributed by atoms with Crippen molar-refractivity contribution >= 4 is 12.4 Å². The zero-order chi connectivity index (χ0) is 12.9. The Balaban J connectivity index is 0.00000121. The van der Waals surface area contributed by atoms with Crippen LogP contribution >= 0.6 is 12.4 Å². The number of imidazole rings is 1. The lowest BCUT2D eigenvalue weighted by Crippen LogP contribution is -2.34. The molecule has 3 N–H and O–H groups in total. The molecule has 0 spiro atoms. The molecule has 2 aromatic rings. The van der Waals surface area contributed by atoms with Gasteiger partial charge in [-0.1, -0.05) is 18.0 Å². The van der Waals surface area contributed by atoms with Crippen LogP contribution in [-0.2, 0) is 5.54 Å². The molecule has 20 heavy (non-hydrogen) atoms. The Morgan fingerprint density at radius 2 is 2.05 bits per heavy atom. The molecule has 0 aliphatic heterocycles. The van der Waals surface area contributed by atoms with Crippen LogP contribution in [0, 0.1) is 0 Å². The molecule has 0 radical (unpaired) electrons. The van der Waals surface area contributed by atoms with Crippen LogP contribution in [0.2, 0.25) is 0 Å². The van der Waals surface area contributed by atoms with Gasteiger partial charge in [0, 0.05) is 5.92 Å². The number of rotatable bonds is 3. The van der Waals surface area contributed by atoms with Crippen LogP contribution in [0.15, 0.2) is 10.7 Å². The molecular weight excluding hydrogens is 278 g/mol. The van der Waals surface area contributed by atoms with Crippen molar-refractivity contribution in [1.82, 2.24) is 20.1 Å². The van der Waals surface area contributed by atoms with Crippen LogP contribution in [0.3, 0.4) is 0 Å². The zero-order valence-corrected chi connectivity index (χ0v) is 11.9. The molecule has 7 heteroatoms.